The van der Waals surface area contributed by atoms with Crippen molar-refractivity contribution in [2.75, 3.05) is 6.54 Å². The van der Waals surface area contributed by atoms with Gasteiger partial charge in [-0.15, -0.1) is 0 Å². The number of β-amino-alcohol motifs (C(OH)–C–C–N with tert-alkyl or cyclic N) is 1. The maximum absolute atomic E-state index is 9.74. The van der Waals surface area contributed by atoms with Gasteiger partial charge in [0.1, 0.15) is 0 Å². The van der Waals surface area contributed by atoms with Crippen LogP contribution in [0.25, 0.3) is 0 Å². The van der Waals surface area contributed by atoms with Gasteiger partial charge in [-0.05, 0) is 36.7 Å². The van der Waals surface area contributed by atoms with Gasteiger partial charge in [0.15, 0.2) is 0 Å². The number of rotatable bonds is 4. The second kappa shape index (κ2) is 5.09. The van der Waals surface area contributed by atoms with E-state index in [9.17, 15) is 5.11 Å². The Morgan fingerprint density at radius 3 is 2.73 bits per heavy atom. The Balaban J connectivity index is 2.33. The lowest BCUT2D eigenvalue weighted by molar-refractivity contribution is 0.137. The number of halogens is 1. The Hall–Kier alpha value is -0.390. The van der Waals surface area contributed by atoms with Crippen molar-refractivity contribution < 1.29 is 5.11 Å². The molecule has 0 aromatic carbocycles. The minimum atomic E-state index is -0.420. The lowest BCUT2D eigenvalue weighted by Crippen LogP contribution is -2.42. The Kier molecular flexibility index (Phi) is 4.31. The van der Waals surface area contributed by atoms with Gasteiger partial charge < -0.3 is 10.4 Å². The highest BCUT2D eigenvalue weighted by molar-refractivity contribution is 9.10. The fraction of sp³-hybridized carbons (Fsp3) is 0.700. The van der Waals surface area contributed by atoms with Crippen molar-refractivity contribution in [3.8, 4) is 0 Å². The Morgan fingerprint density at radius 1 is 1.60 bits per heavy atom. The molecule has 1 atom stereocenters. The third-order valence-electron chi connectivity index (χ3n) is 1.87. The minimum absolute atomic E-state index is 0.0334. The van der Waals surface area contributed by atoms with Crippen molar-refractivity contribution in [3.63, 3.8) is 0 Å². The van der Waals surface area contributed by atoms with E-state index in [0.29, 0.717) is 13.1 Å². The summed E-state index contributed by atoms with van der Waals surface area (Å²) in [5, 5.41) is 17.1. The maximum Gasteiger partial charge on any atom is 0.0860 e. The SMILES string of the molecule is CC(C)(C)NCC(O)Cn1cc(Br)cn1. The molecule has 1 heterocycles. The van der Waals surface area contributed by atoms with E-state index < -0.39 is 6.10 Å². The smallest absolute Gasteiger partial charge is 0.0860 e. The number of nitrogens with one attached hydrogen (secondary N) is 1. The first-order valence-electron chi connectivity index (χ1n) is 4.98. The summed E-state index contributed by atoms with van der Waals surface area (Å²) in [7, 11) is 0. The van der Waals surface area contributed by atoms with Crippen LogP contribution in [-0.4, -0.2) is 33.1 Å². The molecular weight excluding hydrogens is 258 g/mol. The molecule has 0 aliphatic carbocycles. The molecule has 0 spiro atoms. The van der Waals surface area contributed by atoms with Crippen LogP contribution in [0, 0.1) is 0 Å². The maximum atomic E-state index is 9.74. The zero-order chi connectivity index (χ0) is 11.5. The van der Waals surface area contributed by atoms with Crippen LogP contribution in [0.4, 0.5) is 0 Å². The van der Waals surface area contributed by atoms with Crippen molar-refractivity contribution in [1.82, 2.24) is 15.1 Å². The highest BCUT2D eigenvalue weighted by Crippen LogP contribution is 2.06. The zero-order valence-electron chi connectivity index (χ0n) is 9.37. The van der Waals surface area contributed by atoms with Crippen LogP contribution < -0.4 is 5.32 Å². The van der Waals surface area contributed by atoms with Crippen LogP contribution in [0.5, 0.6) is 0 Å². The van der Waals surface area contributed by atoms with Crippen molar-refractivity contribution in [3.05, 3.63) is 16.9 Å². The van der Waals surface area contributed by atoms with E-state index in [1.165, 1.54) is 0 Å². The standard InChI is InChI=1S/C10H18BrN3O/c1-10(2,3)12-5-9(15)7-14-6-8(11)4-13-14/h4,6,9,12,15H,5,7H2,1-3H3. The van der Waals surface area contributed by atoms with Gasteiger partial charge in [-0.2, -0.15) is 5.10 Å². The normalized spacial score (nSPS) is 14.2. The quantitative estimate of drug-likeness (QED) is 0.874. The van der Waals surface area contributed by atoms with Crippen LogP contribution >= 0.6 is 15.9 Å². The van der Waals surface area contributed by atoms with Crippen molar-refractivity contribution in [2.24, 2.45) is 0 Å². The number of aliphatic hydroxyl groups excluding tert-OH is 1. The first-order valence-corrected chi connectivity index (χ1v) is 5.77. The molecular formula is C10H18BrN3O. The zero-order valence-corrected chi connectivity index (χ0v) is 11.0. The van der Waals surface area contributed by atoms with Gasteiger partial charge in [0.2, 0.25) is 0 Å². The molecule has 86 valence electrons. The van der Waals surface area contributed by atoms with Crippen LogP contribution in [-0.2, 0) is 6.54 Å². The van der Waals surface area contributed by atoms with E-state index in [4.69, 9.17) is 0 Å². The molecule has 0 radical (unpaired) electrons. The number of aliphatic hydroxyl groups is 1. The van der Waals surface area contributed by atoms with Crippen LogP contribution in [0.2, 0.25) is 0 Å². The fourth-order valence-electron chi connectivity index (χ4n) is 1.14. The van der Waals surface area contributed by atoms with Gasteiger partial charge in [0.05, 0.1) is 23.3 Å². The molecule has 1 unspecified atom stereocenters. The van der Waals surface area contributed by atoms with Crippen molar-refractivity contribution in [1.29, 1.82) is 0 Å². The molecule has 0 aliphatic rings. The molecule has 1 aromatic heterocycles. The Bertz CT molecular complexity index is 306. The van der Waals surface area contributed by atoms with Gasteiger partial charge in [-0.25, -0.2) is 0 Å². The van der Waals surface area contributed by atoms with Crippen LogP contribution in [0.15, 0.2) is 16.9 Å². The van der Waals surface area contributed by atoms with E-state index in [0.717, 1.165) is 4.47 Å². The first-order chi connectivity index (χ1) is 6.87. The summed E-state index contributed by atoms with van der Waals surface area (Å²) in [6.07, 6.45) is 3.14. The van der Waals surface area contributed by atoms with Gasteiger partial charge in [-0.1, -0.05) is 0 Å². The van der Waals surface area contributed by atoms with Gasteiger partial charge in [0.25, 0.3) is 0 Å². The predicted molar refractivity (Wildman–Crippen MR) is 63.7 cm³/mol. The van der Waals surface area contributed by atoms with Crippen LogP contribution in [0.3, 0.4) is 0 Å². The summed E-state index contributed by atoms with van der Waals surface area (Å²) in [6, 6.07) is 0. The van der Waals surface area contributed by atoms with Gasteiger partial charge in [-0.3, -0.25) is 4.68 Å². The third kappa shape index (κ3) is 5.30. The van der Waals surface area contributed by atoms with E-state index in [-0.39, 0.29) is 5.54 Å². The lowest BCUT2D eigenvalue weighted by Gasteiger charge is -2.22. The first kappa shape index (κ1) is 12.7. The molecule has 0 fully saturated rings. The third-order valence-corrected chi connectivity index (χ3v) is 2.28. The van der Waals surface area contributed by atoms with Crippen LogP contribution in [0.1, 0.15) is 20.8 Å². The van der Waals surface area contributed by atoms with E-state index in [1.54, 1.807) is 10.9 Å². The average Bonchev–Trinajstić information content (AvgIpc) is 2.47. The van der Waals surface area contributed by atoms with Gasteiger partial charge in [0, 0.05) is 18.3 Å². The highest BCUT2D eigenvalue weighted by Gasteiger charge is 2.12. The molecule has 1 rings (SSSR count). The molecule has 5 heteroatoms. The molecule has 2 N–H and O–H groups in total. The fourth-order valence-corrected chi connectivity index (χ4v) is 1.47. The molecule has 1 aromatic rings. The topological polar surface area (TPSA) is 50.1 Å². The molecule has 0 saturated carbocycles. The summed E-state index contributed by atoms with van der Waals surface area (Å²) in [4.78, 5) is 0. The molecule has 15 heavy (non-hydrogen) atoms. The summed E-state index contributed by atoms with van der Waals surface area (Å²) in [5.74, 6) is 0. The lowest BCUT2D eigenvalue weighted by atomic mass is 10.1. The molecule has 0 amide bonds. The summed E-state index contributed by atoms with van der Waals surface area (Å²) in [6.45, 7) is 7.30. The number of nitrogens with zero attached hydrogens (tertiary/aromatic N) is 2. The van der Waals surface area contributed by atoms with E-state index in [1.807, 2.05) is 6.20 Å². The molecule has 4 nitrogen and oxygen atoms in total. The molecule has 0 aliphatic heterocycles. The van der Waals surface area contributed by atoms with Crippen molar-refractivity contribution in [2.45, 2.75) is 39.0 Å². The molecule has 0 saturated heterocycles. The summed E-state index contributed by atoms with van der Waals surface area (Å²) < 4.78 is 2.65. The Morgan fingerprint density at radius 2 is 2.27 bits per heavy atom. The largest absolute Gasteiger partial charge is 0.390 e. The minimum Gasteiger partial charge on any atom is -0.390 e. The number of hydrogen-bond acceptors (Lipinski definition) is 3. The summed E-state index contributed by atoms with van der Waals surface area (Å²) >= 11 is 3.31. The highest BCUT2D eigenvalue weighted by atomic mass is 79.9. The second-order valence-corrected chi connectivity index (χ2v) is 5.58. The van der Waals surface area contributed by atoms with E-state index in [2.05, 4.69) is 47.1 Å². The predicted octanol–water partition coefficient (Wildman–Crippen LogP) is 1.39. The monoisotopic (exact) mass is 275 g/mol. The van der Waals surface area contributed by atoms with Crippen molar-refractivity contribution >= 4 is 15.9 Å². The number of aromatic nitrogens is 2. The van der Waals surface area contributed by atoms with Gasteiger partial charge >= 0.3 is 0 Å². The summed E-state index contributed by atoms with van der Waals surface area (Å²) in [5.41, 5.74) is 0.0334. The Labute approximate surface area is 98.8 Å². The number of hydrogen-bond donors (Lipinski definition) is 2. The second-order valence-electron chi connectivity index (χ2n) is 4.67. The van der Waals surface area contributed by atoms with E-state index >= 15 is 0 Å². The molecule has 0 bridgehead atoms. The average molecular weight is 276 g/mol.